The second-order valence-corrected chi connectivity index (χ2v) is 5.96. The first-order chi connectivity index (χ1) is 13.6. The summed E-state index contributed by atoms with van der Waals surface area (Å²) in [6.45, 7) is 0.328. The largest absolute Gasteiger partial charge is 0.493 e. The van der Waals surface area contributed by atoms with Gasteiger partial charge in [-0.1, -0.05) is 6.07 Å². The molecule has 2 rings (SSSR count). The van der Waals surface area contributed by atoms with Gasteiger partial charge in [0.15, 0.2) is 23.0 Å². The molecule has 2 aromatic rings. The molecule has 152 valence electrons. The van der Waals surface area contributed by atoms with Gasteiger partial charge in [0.05, 0.1) is 35.5 Å². The molecule has 7 heteroatoms. The molecule has 1 N–H and O–H groups in total. The third-order valence-electron chi connectivity index (χ3n) is 4.35. The van der Waals surface area contributed by atoms with E-state index in [4.69, 9.17) is 23.7 Å². The summed E-state index contributed by atoms with van der Waals surface area (Å²) in [6, 6.07) is 9.26. The quantitative estimate of drug-likeness (QED) is 0.673. The summed E-state index contributed by atoms with van der Waals surface area (Å²) >= 11 is 0. The minimum atomic E-state index is -0.0633. The summed E-state index contributed by atoms with van der Waals surface area (Å²) in [5.74, 6) is 2.87. The number of amides is 1. The number of aryl methyl sites for hydroxylation is 1. The highest BCUT2D eigenvalue weighted by Crippen LogP contribution is 2.39. The van der Waals surface area contributed by atoms with Crippen LogP contribution in [-0.4, -0.2) is 41.5 Å². The van der Waals surface area contributed by atoms with Crippen LogP contribution in [-0.2, 0) is 17.8 Å². The van der Waals surface area contributed by atoms with Crippen LogP contribution >= 0.6 is 0 Å². The van der Waals surface area contributed by atoms with Crippen LogP contribution in [0.2, 0.25) is 0 Å². The Labute approximate surface area is 165 Å². The van der Waals surface area contributed by atoms with Gasteiger partial charge in [-0.3, -0.25) is 4.79 Å². The summed E-state index contributed by atoms with van der Waals surface area (Å²) in [5, 5.41) is 2.91. The van der Waals surface area contributed by atoms with Crippen molar-refractivity contribution in [2.45, 2.75) is 19.4 Å². The van der Waals surface area contributed by atoms with Crippen LogP contribution in [0, 0.1) is 0 Å². The van der Waals surface area contributed by atoms with E-state index in [0.717, 1.165) is 11.1 Å². The average Bonchev–Trinajstić information content (AvgIpc) is 2.74. The molecule has 0 bridgehead atoms. The molecular weight excluding hydrogens is 362 g/mol. The first-order valence-corrected chi connectivity index (χ1v) is 8.83. The van der Waals surface area contributed by atoms with Crippen LogP contribution in [0.1, 0.15) is 17.5 Å². The zero-order chi connectivity index (χ0) is 20.5. The number of hydrogen-bond donors (Lipinski definition) is 1. The van der Waals surface area contributed by atoms with Gasteiger partial charge in [0.2, 0.25) is 11.7 Å². The fourth-order valence-corrected chi connectivity index (χ4v) is 2.88. The maximum absolute atomic E-state index is 12.3. The van der Waals surface area contributed by atoms with E-state index in [-0.39, 0.29) is 5.91 Å². The van der Waals surface area contributed by atoms with E-state index >= 15 is 0 Å². The maximum atomic E-state index is 12.3. The Kier molecular flexibility index (Phi) is 7.80. The Morgan fingerprint density at radius 3 is 2.04 bits per heavy atom. The Hall–Kier alpha value is -3.09. The minimum absolute atomic E-state index is 0.0633. The minimum Gasteiger partial charge on any atom is -0.493 e. The van der Waals surface area contributed by atoms with Crippen molar-refractivity contribution in [1.29, 1.82) is 0 Å². The predicted octanol–water partition coefficient (Wildman–Crippen LogP) is 2.98. The number of hydrogen-bond acceptors (Lipinski definition) is 6. The molecule has 0 saturated heterocycles. The number of carbonyl (C=O) groups is 1. The molecule has 0 aliphatic carbocycles. The van der Waals surface area contributed by atoms with Gasteiger partial charge in [0.1, 0.15) is 0 Å². The molecule has 1 amide bonds. The fourth-order valence-electron chi connectivity index (χ4n) is 2.88. The third-order valence-corrected chi connectivity index (χ3v) is 4.35. The molecule has 0 aliphatic rings. The highest BCUT2D eigenvalue weighted by molar-refractivity contribution is 5.76. The van der Waals surface area contributed by atoms with E-state index in [9.17, 15) is 4.79 Å². The smallest absolute Gasteiger partial charge is 0.220 e. The van der Waals surface area contributed by atoms with Crippen molar-refractivity contribution in [1.82, 2.24) is 5.32 Å². The van der Waals surface area contributed by atoms with Gasteiger partial charge in [-0.25, -0.2) is 0 Å². The Balaban J connectivity index is 1.98. The lowest BCUT2D eigenvalue weighted by Crippen LogP contribution is -2.23. The number of rotatable bonds is 10. The highest BCUT2D eigenvalue weighted by atomic mass is 16.5. The second kappa shape index (κ2) is 10.3. The van der Waals surface area contributed by atoms with Crippen LogP contribution in [0.5, 0.6) is 28.7 Å². The molecule has 2 aromatic carbocycles. The van der Waals surface area contributed by atoms with Gasteiger partial charge in [-0.2, -0.15) is 0 Å². The summed E-state index contributed by atoms with van der Waals surface area (Å²) in [7, 11) is 7.84. The fraction of sp³-hybridized carbons (Fsp3) is 0.381. The summed E-state index contributed by atoms with van der Waals surface area (Å²) < 4.78 is 26.6. The number of carbonyl (C=O) groups excluding carboxylic acids is 1. The van der Waals surface area contributed by atoms with Crippen molar-refractivity contribution in [3.05, 3.63) is 41.5 Å². The van der Waals surface area contributed by atoms with Crippen LogP contribution in [0.25, 0.3) is 0 Å². The molecule has 0 radical (unpaired) electrons. The predicted molar refractivity (Wildman–Crippen MR) is 106 cm³/mol. The van der Waals surface area contributed by atoms with Gasteiger partial charge in [-0.05, 0) is 36.2 Å². The molecule has 28 heavy (non-hydrogen) atoms. The molecule has 0 fully saturated rings. The van der Waals surface area contributed by atoms with Crippen LogP contribution in [0.15, 0.2) is 30.3 Å². The van der Waals surface area contributed by atoms with Crippen molar-refractivity contribution in [2.24, 2.45) is 0 Å². The van der Waals surface area contributed by atoms with Crippen molar-refractivity contribution >= 4 is 5.91 Å². The number of nitrogens with one attached hydrogen (secondary N) is 1. The lowest BCUT2D eigenvalue weighted by atomic mass is 10.1. The molecule has 0 unspecified atom stereocenters. The topological polar surface area (TPSA) is 75.3 Å². The van der Waals surface area contributed by atoms with Crippen LogP contribution in [0.4, 0.5) is 0 Å². The highest BCUT2D eigenvalue weighted by Gasteiger charge is 2.16. The number of methoxy groups -OCH3 is 5. The normalized spacial score (nSPS) is 10.2. The Bertz CT molecular complexity index is 806. The average molecular weight is 389 g/mol. The van der Waals surface area contributed by atoms with Gasteiger partial charge >= 0.3 is 0 Å². The van der Waals surface area contributed by atoms with E-state index in [1.807, 2.05) is 24.3 Å². The van der Waals surface area contributed by atoms with Crippen LogP contribution < -0.4 is 29.0 Å². The van der Waals surface area contributed by atoms with E-state index in [2.05, 4.69) is 5.32 Å². The zero-order valence-electron chi connectivity index (χ0n) is 17.0. The second-order valence-electron chi connectivity index (χ2n) is 5.96. The van der Waals surface area contributed by atoms with E-state index in [0.29, 0.717) is 48.1 Å². The standard InChI is InChI=1S/C21H27NO6/c1-24-16-9-6-14(12-18(16)26-3)7-11-19(23)22-13-15-8-10-17(25-2)21(28-5)20(15)27-4/h6,8-10,12H,7,11,13H2,1-5H3,(H,22,23). The molecule has 0 atom stereocenters. The molecule has 7 nitrogen and oxygen atoms in total. The van der Waals surface area contributed by atoms with Crippen molar-refractivity contribution in [3.8, 4) is 28.7 Å². The van der Waals surface area contributed by atoms with Gasteiger partial charge in [0, 0.05) is 18.5 Å². The zero-order valence-corrected chi connectivity index (χ0v) is 17.0. The summed E-state index contributed by atoms with van der Waals surface area (Å²) in [5.41, 5.74) is 1.80. The molecule has 0 aromatic heterocycles. The van der Waals surface area contributed by atoms with E-state index < -0.39 is 0 Å². The summed E-state index contributed by atoms with van der Waals surface area (Å²) in [6.07, 6.45) is 0.945. The number of benzene rings is 2. The maximum Gasteiger partial charge on any atom is 0.220 e. The van der Waals surface area contributed by atoms with Gasteiger partial charge in [-0.15, -0.1) is 0 Å². The Morgan fingerprint density at radius 1 is 0.786 bits per heavy atom. The van der Waals surface area contributed by atoms with E-state index in [1.54, 1.807) is 41.6 Å². The van der Waals surface area contributed by atoms with Crippen molar-refractivity contribution in [2.75, 3.05) is 35.5 Å². The van der Waals surface area contributed by atoms with Crippen molar-refractivity contribution in [3.63, 3.8) is 0 Å². The van der Waals surface area contributed by atoms with Crippen LogP contribution in [0.3, 0.4) is 0 Å². The lowest BCUT2D eigenvalue weighted by Gasteiger charge is -2.16. The van der Waals surface area contributed by atoms with E-state index in [1.165, 1.54) is 0 Å². The monoisotopic (exact) mass is 389 g/mol. The molecular formula is C21H27NO6. The third kappa shape index (κ3) is 5.00. The van der Waals surface area contributed by atoms with Crippen molar-refractivity contribution < 1.29 is 28.5 Å². The van der Waals surface area contributed by atoms with Gasteiger partial charge < -0.3 is 29.0 Å². The molecule has 0 heterocycles. The first-order valence-electron chi connectivity index (χ1n) is 8.83. The molecule has 0 aliphatic heterocycles. The molecule has 0 spiro atoms. The number of ether oxygens (including phenoxy) is 5. The summed E-state index contributed by atoms with van der Waals surface area (Å²) in [4.78, 5) is 12.3. The first kappa shape index (κ1) is 21.2. The molecule has 0 saturated carbocycles. The van der Waals surface area contributed by atoms with Gasteiger partial charge in [0.25, 0.3) is 0 Å². The SMILES string of the molecule is COc1ccc(CCC(=O)NCc2ccc(OC)c(OC)c2OC)cc1OC. The lowest BCUT2D eigenvalue weighted by molar-refractivity contribution is -0.121. The Morgan fingerprint density at radius 2 is 1.43 bits per heavy atom.